The molecule has 0 bridgehead atoms. The number of anilines is 2. The number of nitrogens with one attached hydrogen (secondary N) is 1. The quantitative estimate of drug-likeness (QED) is 0.685. The van der Waals surface area contributed by atoms with E-state index in [1.807, 2.05) is 6.92 Å². The number of hydrogen-bond donors (Lipinski definition) is 1. The summed E-state index contributed by atoms with van der Waals surface area (Å²) in [6.07, 6.45) is 1.81. The van der Waals surface area contributed by atoms with Crippen molar-refractivity contribution in [3.63, 3.8) is 0 Å². The summed E-state index contributed by atoms with van der Waals surface area (Å²) in [7, 11) is 0. The molecule has 1 aromatic heterocycles. The largest absolute Gasteiger partial charge is 0.340 e. The second-order valence-electron chi connectivity index (χ2n) is 5.01. The van der Waals surface area contributed by atoms with Crippen LogP contribution >= 0.6 is 15.9 Å². The van der Waals surface area contributed by atoms with Gasteiger partial charge in [0.1, 0.15) is 5.82 Å². The lowest BCUT2D eigenvalue weighted by atomic mass is 10.1. The van der Waals surface area contributed by atoms with E-state index in [1.165, 1.54) is 16.3 Å². The maximum atomic E-state index is 4.41. The van der Waals surface area contributed by atoms with Crippen LogP contribution in [0.3, 0.4) is 0 Å². The van der Waals surface area contributed by atoms with Crippen LogP contribution in [0.25, 0.3) is 10.8 Å². The van der Waals surface area contributed by atoms with E-state index in [-0.39, 0.29) is 0 Å². The molecule has 0 fully saturated rings. The molecular formula is C17H15BrN2. The van der Waals surface area contributed by atoms with Crippen molar-refractivity contribution in [1.29, 1.82) is 0 Å². The Kier molecular flexibility index (Phi) is 3.45. The summed E-state index contributed by atoms with van der Waals surface area (Å²) in [6, 6.07) is 14.9. The molecule has 0 saturated carbocycles. The molecule has 0 aliphatic heterocycles. The van der Waals surface area contributed by atoms with E-state index in [9.17, 15) is 0 Å². The summed E-state index contributed by atoms with van der Waals surface area (Å²) in [5.41, 5.74) is 3.45. The molecule has 2 aromatic carbocycles. The van der Waals surface area contributed by atoms with E-state index in [0.29, 0.717) is 0 Å². The average molecular weight is 327 g/mol. The van der Waals surface area contributed by atoms with Gasteiger partial charge < -0.3 is 5.32 Å². The van der Waals surface area contributed by atoms with Gasteiger partial charge in [-0.25, -0.2) is 4.98 Å². The molecule has 1 N–H and O–H groups in total. The highest BCUT2D eigenvalue weighted by molar-refractivity contribution is 9.10. The Morgan fingerprint density at radius 2 is 1.70 bits per heavy atom. The molecule has 0 saturated heterocycles. The molecule has 3 aromatic rings. The van der Waals surface area contributed by atoms with Crippen molar-refractivity contribution in [2.24, 2.45) is 0 Å². The van der Waals surface area contributed by atoms with E-state index in [1.54, 1.807) is 6.20 Å². The third-order valence-electron chi connectivity index (χ3n) is 3.30. The van der Waals surface area contributed by atoms with Crippen LogP contribution in [0.4, 0.5) is 11.5 Å². The zero-order valence-electron chi connectivity index (χ0n) is 11.4. The summed E-state index contributed by atoms with van der Waals surface area (Å²) < 4.78 is 0.995. The first-order valence-electron chi connectivity index (χ1n) is 6.51. The molecular weight excluding hydrogens is 312 g/mol. The smallest absolute Gasteiger partial charge is 0.133 e. The fourth-order valence-corrected chi connectivity index (χ4v) is 2.70. The Morgan fingerprint density at radius 3 is 2.50 bits per heavy atom. The summed E-state index contributed by atoms with van der Waals surface area (Å²) in [5, 5.41) is 5.87. The predicted molar refractivity (Wildman–Crippen MR) is 88.6 cm³/mol. The van der Waals surface area contributed by atoms with E-state index in [4.69, 9.17) is 0 Å². The Balaban J connectivity index is 1.96. The number of aromatic nitrogens is 1. The normalized spacial score (nSPS) is 10.8. The van der Waals surface area contributed by atoms with Gasteiger partial charge in [-0.3, -0.25) is 0 Å². The molecule has 0 unspecified atom stereocenters. The molecule has 20 heavy (non-hydrogen) atoms. The summed E-state index contributed by atoms with van der Waals surface area (Å²) in [4.78, 5) is 4.41. The maximum absolute atomic E-state index is 4.41. The van der Waals surface area contributed by atoms with Gasteiger partial charge in [0, 0.05) is 16.4 Å². The molecule has 0 aliphatic carbocycles. The minimum Gasteiger partial charge on any atom is -0.340 e. The van der Waals surface area contributed by atoms with E-state index >= 15 is 0 Å². The zero-order chi connectivity index (χ0) is 14.1. The van der Waals surface area contributed by atoms with Crippen molar-refractivity contribution in [1.82, 2.24) is 4.98 Å². The van der Waals surface area contributed by atoms with E-state index in [0.717, 1.165) is 21.5 Å². The molecule has 0 radical (unpaired) electrons. The molecule has 3 rings (SSSR count). The SMILES string of the molecule is Cc1ccc2cc(Nc3ncc(Br)cc3C)ccc2c1. The van der Waals surface area contributed by atoms with Crippen molar-refractivity contribution in [3.05, 3.63) is 64.3 Å². The Bertz CT molecular complexity index is 781. The van der Waals surface area contributed by atoms with Gasteiger partial charge in [0.05, 0.1) is 0 Å². The van der Waals surface area contributed by atoms with Gasteiger partial charge in [0.25, 0.3) is 0 Å². The van der Waals surface area contributed by atoms with Crippen LogP contribution < -0.4 is 5.32 Å². The monoisotopic (exact) mass is 326 g/mol. The highest BCUT2D eigenvalue weighted by atomic mass is 79.9. The molecule has 2 nitrogen and oxygen atoms in total. The number of aryl methyl sites for hydroxylation is 2. The lowest BCUT2D eigenvalue weighted by molar-refractivity contribution is 1.24. The van der Waals surface area contributed by atoms with Crippen molar-refractivity contribution >= 4 is 38.2 Å². The van der Waals surface area contributed by atoms with Crippen LogP contribution in [-0.2, 0) is 0 Å². The second-order valence-corrected chi connectivity index (χ2v) is 5.93. The molecule has 1 heterocycles. The number of benzene rings is 2. The van der Waals surface area contributed by atoms with Crippen LogP contribution in [0.5, 0.6) is 0 Å². The number of fused-ring (bicyclic) bond motifs is 1. The van der Waals surface area contributed by atoms with Crippen LogP contribution in [0.15, 0.2) is 53.1 Å². The van der Waals surface area contributed by atoms with Crippen molar-refractivity contribution in [2.75, 3.05) is 5.32 Å². The minimum absolute atomic E-state index is 0.889. The molecule has 0 amide bonds. The van der Waals surface area contributed by atoms with Gasteiger partial charge in [-0.15, -0.1) is 0 Å². The third-order valence-corrected chi connectivity index (χ3v) is 3.74. The highest BCUT2D eigenvalue weighted by Crippen LogP contribution is 2.24. The van der Waals surface area contributed by atoms with Gasteiger partial charge in [0.2, 0.25) is 0 Å². The van der Waals surface area contributed by atoms with Crippen LogP contribution in [0.2, 0.25) is 0 Å². The number of pyridine rings is 1. The molecule has 100 valence electrons. The van der Waals surface area contributed by atoms with Crippen LogP contribution in [0, 0.1) is 13.8 Å². The van der Waals surface area contributed by atoms with Crippen molar-refractivity contribution in [3.8, 4) is 0 Å². The highest BCUT2D eigenvalue weighted by Gasteiger charge is 2.02. The van der Waals surface area contributed by atoms with Gasteiger partial charge in [0.15, 0.2) is 0 Å². The van der Waals surface area contributed by atoms with E-state index < -0.39 is 0 Å². The fourth-order valence-electron chi connectivity index (χ4n) is 2.25. The zero-order valence-corrected chi connectivity index (χ0v) is 13.0. The predicted octanol–water partition coefficient (Wildman–Crippen LogP) is 5.36. The topological polar surface area (TPSA) is 24.9 Å². The van der Waals surface area contributed by atoms with Gasteiger partial charge in [-0.1, -0.05) is 29.8 Å². The van der Waals surface area contributed by atoms with E-state index in [2.05, 4.69) is 75.6 Å². The summed E-state index contributed by atoms with van der Waals surface area (Å²) in [5.74, 6) is 0.889. The van der Waals surface area contributed by atoms with Crippen molar-refractivity contribution < 1.29 is 0 Å². The van der Waals surface area contributed by atoms with Gasteiger partial charge >= 0.3 is 0 Å². The first kappa shape index (κ1) is 13.1. The van der Waals surface area contributed by atoms with Crippen LogP contribution in [0.1, 0.15) is 11.1 Å². The number of nitrogens with zero attached hydrogens (tertiary/aromatic N) is 1. The Morgan fingerprint density at radius 1 is 0.950 bits per heavy atom. The Labute approximate surface area is 127 Å². The number of hydrogen-bond acceptors (Lipinski definition) is 2. The van der Waals surface area contributed by atoms with Gasteiger partial charge in [-0.05, 0) is 64.3 Å². The summed E-state index contributed by atoms with van der Waals surface area (Å²) in [6.45, 7) is 4.16. The number of halogens is 1. The fraction of sp³-hybridized carbons (Fsp3) is 0.118. The number of rotatable bonds is 2. The molecule has 0 aliphatic rings. The third kappa shape index (κ3) is 2.68. The summed E-state index contributed by atoms with van der Waals surface area (Å²) >= 11 is 3.43. The lowest BCUT2D eigenvalue weighted by Crippen LogP contribution is -1.96. The first-order valence-corrected chi connectivity index (χ1v) is 7.31. The molecule has 3 heteroatoms. The standard InChI is InChI=1S/C17H15BrN2/c1-11-3-4-14-9-16(6-5-13(14)7-11)20-17-12(2)8-15(18)10-19-17/h3-10H,1-2H3,(H,19,20). The molecule has 0 atom stereocenters. The maximum Gasteiger partial charge on any atom is 0.133 e. The average Bonchev–Trinajstić information content (AvgIpc) is 2.42. The lowest BCUT2D eigenvalue weighted by Gasteiger charge is -2.10. The van der Waals surface area contributed by atoms with Crippen LogP contribution in [-0.4, -0.2) is 4.98 Å². The minimum atomic E-state index is 0.889. The molecule has 0 spiro atoms. The first-order chi connectivity index (χ1) is 9.61. The van der Waals surface area contributed by atoms with Crippen molar-refractivity contribution in [2.45, 2.75) is 13.8 Å². The Hall–Kier alpha value is -1.87. The second kappa shape index (κ2) is 5.25. The van der Waals surface area contributed by atoms with Gasteiger partial charge in [-0.2, -0.15) is 0 Å².